The summed E-state index contributed by atoms with van der Waals surface area (Å²) in [6, 6.07) is 7.08. The van der Waals surface area contributed by atoms with Gasteiger partial charge in [-0.25, -0.2) is 0 Å². The molecule has 1 aliphatic heterocycles. The molecule has 1 aliphatic rings. The zero-order valence-corrected chi connectivity index (χ0v) is 12.2. The van der Waals surface area contributed by atoms with Crippen LogP contribution < -0.4 is 5.32 Å². The summed E-state index contributed by atoms with van der Waals surface area (Å²) < 4.78 is 1.17. The van der Waals surface area contributed by atoms with Crippen LogP contribution in [-0.4, -0.2) is 17.0 Å². The highest BCUT2D eigenvalue weighted by atomic mass is 79.9. The number of rotatable bonds is 2. The van der Waals surface area contributed by atoms with Gasteiger partial charge < -0.3 is 5.32 Å². The molecular formula is C13H18BrNS. The van der Waals surface area contributed by atoms with Crippen molar-refractivity contribution in [2.45, 2.75) is 38.0 Å². The highest BCUT2D eigenvalue weighted by Crippen LogP contribution is 2.30. The van der Waals surface area contributed by atoms with Crippen LogP contribution in [0.4, 0.5) is 5.69 Å². The van der Waals surface area contributed by atoms with Gasteiger partial charge in [0.1, 0.15) is 0 Å². The number of halogens is 1. The summed E-state index contributed by atoms with van der Waals surface area (Å²) >= 11 is 5.69. The largest absolute Gasteiger partial charge is 0.380 e. The third-order valence-electron chi connectivity index (χ3n) is 3.07. The van der Waals surface area contributed by atoms with Crippen molar-refractivity contribution >= 4 is 33.4 Å². The lowest BCUT2D eigenvalue weighted by atomic mass is 10.1. The lowest BCUT2D eigenvalue weighted by Gasteiger charge is -2.30. The molecule has 1 aromatic rings. The molecule has 1 heterocycles. The van der Waals surface area contributed by atoms with Crippen molar-refractivity contribution in [3.05, 3.63) is 28.2 Å². The van der Waals surface area contributed by atoms with E-state index in [0.29, 0.717) is 11.3 Å². The Labute approximate surface area is 111 Å². The molecule has 88 valence electrons. The predicted molar refractivity (Wildman–Crippen MR) is 77.4 cm³/mol. The lowest BCUT2D eigenvalue weighted by Crippen LogP contribution is -2.32. The summed E-state index contributed by atoms with van der Waals surface area (Å²) in [5.41, 5.74) is 2.54. The quantitative estimate of drug-likeness (QED) is 0.866. The van der Waals surface area contributed by atoms with Crippen molar-refractivity contribution in [3.63, 3.8) is 0 Å². The summed E-state index contributed by atoms with van der Waals surface area (Å²) in [5, 5.41) is 4.38. The van der Waals surface area contributed by atoms with E-state index in [1.54, 1.807) is 0 Å². The summed E-state index contributed by atoms with van der Waals surface area (Å²) in [6.45, 7) is 4.46. The van der Waals surface area contributed by atoms with Crippen molar-refractivity contribution in [1.29, 1.82) is 0 Å². The smallest absolute Gasteiger partial charge is 0.0489 e. The Kier molecular flexibility index (Phi) is 4.20. The van der Waals surface area contributed by atoms with Crippen LogP contribution in [0.1, 0.15) is 25.3 Å². The third-order valence-corrected chi connectivity index (χ3v) is 5.14. The highest BCUT2D eigenvalue weighted by Gasteiger charge is 2.21. The first-order valence-corrected chi connectivity index (χ1v) is 7.65. The molecule has 1 nitrogen and oxygen atoms in total. The maximum absolute atomic E-state index is 3.67. The summed E-state index contributed by atoms with van der Waals surface area (Å²) in [5.74, 6) is 1.31. The second-order valence-electron chi connectivity index (χ2n) is 4.45. The molecule has 3 heteroatoms. The molecule has 0 spiro atoms. The van der Waals surface area contributed by atoms with E-state index in [1.165, 1.54) is 34.3 Å². The van der Waals surface area contributed by atoms with Gasteiger partial charge in [-0.1, -0.05) is 13.0 Å². The standard InChI is InChI=1S/C13H18BrNS/c1-9-5-6-11(14)13(8-9)15-12-4-3-7-16-10(12)2/h5-6,8,10,12,15H,3-4,7H2,1-2H3. The molecular weight excluding hydrogens is 282 g/mol. The highest BCUT2D eigenvalue weighted by molar-refractivity contribution is 9.10. The van der Waals surface area contributed by atoms with E-state index >= 15 is 0 Å². The van der Waals surface area contributed by atoms with Crippen LogP contribution in [-0.2, 0) is 0 Å². The van der Waals surface area contributed by atoms with Gasteiger partial charge in [0, 0.05) is 21.5 Å². The zero-order chi connectivity index (χ0) is 11.5. The molecule has 2 atom stereocenters. The van der Waals surface area contributed by atoms with Crippen LogP contribution in [0, 0.1) is 6.92 Å². The molecule has 2 rings (SSSR count). The van der Waals surface area contributed by atoms with Gasteiger partial charge in [-0.2, -0.15) is 11.8 Å². The number of thioether (sulfide) groups is 1. The van der Waals surface area contributed by atoms with E-state index in [-0.39, 0.29) is 0 Å². The van der Waals surface area contributed by atoms with Gasteiger partial charge in [0.25, 0.3) is 0 Å². The maximum Gasteiger partial charge on any atom is 0.0489 e. The topological polar surface area (TPSA) is 12.0 Å². The first kappa shape index (κ1) is 12.3. The fraction of sp³-hybridized carbons (Fsp3) is 0.538. The minimum atomic E-state index is 0.608. The van der Waals surface area contributed by atoms with Crippen LogP contribution in [0.15, 0.2) is 22.7 Å². The number of aryl methyl sites for hydroxylation is 1. The van der Waals surface area contributed by atoms with E-state index < -0.39 is 0 Å². The normalized spacial score (nSPS) is 25.4. The molecule has 2 unspecified atom stereocenters. The first-order chi connectivity index (χ1) is 7.66. The number of hydrogen-bond donors (Lipinski definition) is 1. The third kappa shape index (κ3) is 2.95. The fourth-order valence-electron chi connectivity index (χ4n) is 2.06. The number of hydrogen-bond acceptors (Lipinski definition) is 2. The molecule has 0 radical (unpaired) electrons. The maximum atomic E-state index is 3.67. The number of nitrogens with one attached hydrogen (secondary N) is 1. The molecule has 0 bridgehead atoms. The summed E-state index contributed by atoms with van der Waals surface area (Å²) in [6.07, 6.45) is 2.62. The first-order valence-electron chi connectivity index (χ1n) is 5.81. The summed E-state index contributed by atoms with van der Waals surface area (Å²) in [7, 11) is 0. The Balaban J connectivity index is 2.10. The van der Waals surface area contributed by atoms with Crippen LogP contribution >= 0.6 is 27.7 Å². The Morgan fingerprint density at radius 1 is 1.44 bits per heavy atom. The zero-order valence-electron chi connectivity index (χ0n) is 9.79. The van der Waals surface area contributed by atoms with E-state index in [1.807, 2.05) is 0 Å². The fourth-order valence-corrected chi connectivity index (χ4v) is 3.56. The second-order valence-corrected chi connectivity index (χ2v) is 6.79. The minimum absolute atomic E-state index is 0.608. The molecule has 0 aromatic heterocycles. The van der Waals surface area contributed by atoms with E-state index in [2.05, 4.69) is 65.1 Å². The van der Waals surface area contributed by atoms with Gasteiger partial charge in [0.05, 0.1) is 0 Å². The van der Waals surface area contributed by atoms with Gasteiger partial charge in [0.15, 0.2) is 0 Å². The average Bonchev–Trinajstić information content (AvgIpc) is 2.27. The Bertz CT molecular complexity index is 367. The Morgan fingerprint density at radius 3 is 3.00 bits per heavy atom. The van der Waals surface area contributed by atoms with Crippen LogP contribution in [0.2, 0.25) is 0 Å². The van der Waals surface area contributed by atoms with Gasteiger partial charge in [-0.15, -0.1) is 0 Å². The molecule has 0 saturated carbocycles. The van der Waals surface area contributed by atoms with E-state index in [4.69, 9.17) is 0 Å². The van der Waals surface area contributed by atoms with Gasteiger partial charge >= 0.3 is 0 Å². The predicted octanol–water partition coefficient (Wildman–Crippen LogP) is 4.45. The van der Waals surface area contributed by atoms with Gasteiger partial charge in [-0.3, -0.25) is 0 Å². The molecule has 0 amide bonds. The average molecular weight is 300 g/mol. The molecule has 1 saturated heterocycles. The molecule has 1 fully saturated rings. The monoisotopic (exact) mass is 299 g/mol. The Morgan fingerprint density at radius 2 is 2.25 bits per heavy atom. The van der Waals surface area contributed by atoms with Crippen LogP contribution in [0.3, 0.4) is 0 Å². The van der Waals surface area contributed by atoms with Gasteiger partial charge in [0.2, 0.25) is 0 Å². The molecule has 16 heavy (non-hydrogen) atoms. The molecule has 1 N–H and O–H groups in total. The van der Waals surface area contributed by atoms with Gasteiger partial charge in [-0.05, 0) is 59.1 Å². The van der Waals surface area contributed by atoms with Crippen molar-refractivity contribution in [2.75, 3.05) is 11.1 Å². The molecule has 1 aromatic carbocycles. The van der Waals surface area contributed by atoms with Crippen molar-refractivity contribution in [2.24, 2.45) is 0 Å². The second kappa shape index (κ2) is 5.46. The van der Waals surface area contributed by atoms with Crippen molar-refractivity contribution < 1.29 is 0 Å². The van der Waals surface area contributed by atoms with E-state index in [0.717, 1.165) is 0 Å². The summed E-state index contributed by atoms with van der Waals surface area (Å²) in [4.78, 5) is 0. The minimum Gasteiger partial charge on any atom is -0.380 e. The van der Waals surface area contributed by atoms with Crippen LogP contribution in [0.25, 0.3) is 0 Å². The lowest BCUT2D eigenvalue weighted by molar-refractivity contribution is 0.617. The van der Waals surface area contributed by atoms with E-state index in [9.17, 15) is 0 Å². The SMILES string of the molecule is Cc1ccc(Br)c(NC2CCCSC2C)c1. The van der Waals surface area contributed by atoms with Crippen LogP contribution in [0.5, 0.6) is 0 Å². The Hall–Kier alpha value is -0.150. The number of benzene rings is 1. The van der Waals surface area contributed by atoms with Crippen molar-refractivity contribution in [3.8, 4) is 0 Å². The molecule has 0 aliphatic carbocycles. The van der Waals surface area contributed by atoms with Crippen molar-refractivity contribution in [1.82, 2.24) is 0 Å². The number of anilines is 1.